The number of H-pyrrole nitrogens is 1. The Morgan fingerprint density at radius 2 is 1.94 bits per heavy atom. The molecule has 0 radical (unpaired) electrons. The minimum atomic E-state index is -0.207. The second-order valence-electron chi connectivity index (χ2n) is 7.71. The third kappa shape index (κ3) is 3.02. The molecule has 4 aromatic rings. The van der Waals surface area contributed by atoms with Gasteiger partial charge in [0, 0.05) is 53.3 Å². The van der Waals surface area contributed by atoms with Crippen molar-refractivity contribution in [1.29, 1.82) is 0 Å². The van der Waals surface area contributed by atoms with Crippen LogP contribution >= 0.6 is 11.6 Å². The molecule has 2 heterocycles. The lowest BCUT2D eigenvalue weighted by Crippen LogP contribution is -2.30. The van der Waals surface area contributed by atoms with E-state index in [1.807, 2.05) is 24.3 Å². The van der Waals surface area contributed by atoms with Crippen molar-refractivity contribution in [3.05, 3.63) is 71.4 Å². The Bertz CT molecular complexity index is 1360. The summed E-state index contributed by atoms with van der Waals surface area (Å²) in [6.07, 6.45) is 0. The second-order valence-corrected chi connectivity index (χ2v) is 8.01. The number of anilines is 1. The van der Waals surface area contributed by atoms with Crippen molar-refractivity contribution in [2.45, 2.75) is 5.92 Å². The number of aromatic nitrogens is 1. The molecule has 1 aromatic heterocycles. The van der Waals surface area contributed by atoms with Gasteiger partial charge in [-0.3, -0.25) is 9.59 Å². The first-order chi connectivity index (χ1) is 15.0. The molecule has 31 heavy (non-hydrogen) atoms. The van der Waals surface area contributed by atoms with Gasteiger partial charge in [0.05, 0.1) is 5.69 Å². The van der Waals surface area contributed by atoms with Crippen LogP contribution < -0.4 is 10.2 Å². The van der Waals surface area contributed by atoms with Crippen LogP contribution in [0.1, 0.15) is 32.3 Å². The summed E-state index contributed by atoms with van der Waals surface area (Å²) < 4.78 is 0. The fourth-order valence-electron chi connectivity index (χ4n) is 4.42. The zero-order chi connectivity index (χ0) is 21.7. The molecule has 1 aliphatic rings. The molecule has 0 aliphatic carbocycles. The summed E-state index contributed by atoms with van der Waals surface area (Å²) in [6, 6.07) is 16.2. The maximum Gasteiger partial charge on any atom is 0.274 e. The van der Waals surface area contributed by atoms with Gasteiger partial charge in [0.2, 0.25) is 0 Å². The highest BCUT2D eigenvalue weighted by Gasteiger charge is 2.35. The van der Waals surface area contributed by atoms with Gasteiger partial charge < -0.3 is 20.3 Å². The normalized spacial score (nSPS) is 15.4. The first-order valence-electron chi connectivity index (χ1n) is 9.99. The number of halogens is 1. The lowest BCUT2D eigenvalue weighted by atomic mass is 9.95. The van der Waals surface area contributed by atoms with E-state index in [1.165, 1.54) is 0 Å². The maximum absolute atomic E-state index is 13.5. The van der Waals surface area contributed by atoms with Gasteiger partial charge in [0.1, 0.15) is 11.4 Å². The average Bonchev–Trinajstić information content (AvgIpc) is 3.39. The van der Waals surface area contributed by atoms with Crippen LogP contribution in [-0.4, -0.2) is 41.4 Å². The lowest BCUT2D eigenvalue weighted by molar-refractivity contribution is 0.0960. The molecule has 0 unspecified atom stereocenters. The molecular weight excluding hydrogens is 414 g/mol. The number of carbonyl (C=O) groups is 2. The number of nitrogens with zero attached hydrogens (tertiary/aromatic N) is 1. The Morgan fingerprint density at radius 1 is 1.16 bits per heavy atom. The number of aromatic hydroxyl groups is 1. The van der Waals surface area contributed by atoms with Crippen molar-refractivity contribution in [3.8, 4) is 5.75 Å². The molecule has 156 valence electrons. The smallest absolute Gasteiger partial charge is 0.274 e. The number of phenols is 1. The molecule has 1 aliphatic heterocycles. The summed E-state index contributed by atoms with van der Waals surface area (Å²) in [5.74, 6) is 0.0795. The number of hydrogen-bond acceptors (Lipinski definition) is 3. The van der Waals surface area contributed by atoms with E-state index in [2.05, 4.69) is 10.3 Å². The first kappa shape index (κ1) is 19.5. The van der Waals surface area contributed by atoms with Crippen LogP contribution in [0.4, 0.5) is 5.69 Å². The van der Waals surface area contributed by atoms with Crippen molar-refractivity contribution in [3.63, 3.8) is 0 Å². The Hall–Kier alpha value is -3.51. The van der Waals surface area contributed by atoms with E-state index in [0.29, 0.717) is 29.4 Å². The average molecular weight is 434 g/mol. The molecule has 0 bridgehead atoms. The van der Waals surface area contributed by atoms with Gasteiger partial charge in [-0.25, -0.2) is 0 Å². The molecule has 0 saturated heterocycles. The van der Waals surface area contributed by atoms with Crippen molar-refractivity contribution < 1.29 is 14.7 Å². The van der Waals surface area contributed by atoms with Crippen LogP contribution in [0, 0.1) is 0 Å². The number of phenolic OH excluding ortho intramolecular Hbond substituents is 1. The highest BCUT2D eigenvalue weighted by molar-refractivity contribution is 6.19. The molecule has 5 rings (SSSR count). The second kappa shape index (κ2) is 7.32. The highest BCUT2D eigenvalue weighted by Crippen LogP contribution is 2.45. The number of alkyl halides is 1. The predicted octanol–water partition coefficient (Wildman–Crippen LogP) is 4.37. The molecule has 0 spiro atoms. The first-order valence-corrected chi connectivity index (χ1v) is 10.5. The van der Waals surface area contributed by atoms with E-state index in [9.17, 15) is 14.7 Å². The topological polar surface area (TPSA) is 85.4 Å². The van der Waals surface area contributed by atoms with Crippen LogP contribution in [-0.2, 0) is 0 Å². The highest BCUT2D eigenvalue weighted by atomic mass is 35.5. The molecule has 7 heteroatoms. The van der Waals surface area contributed by atoms with E-state index >= 15 is 0 Å². The monoisotopic (exact) mass is 433 g/mol. The van der Waals surface area contributed by atoms with E-state index in [1.54, 1.807) is 42.3 Å². The van der Waals surface area contributed by atoms with Gasteiger partial charge in [-0.05, 0) is 35.2 Å². The Morgan fingerprint density at radius 3 is 2.68 bits per heavy atom. The summed E-state index contributed by atoms with van der Waals surface area (Å²) in [5, 5.41) is 15.6. The van der Waals surface area contributed by atoms with Crippen molar-refractivity contribution in [2.75, 3.05) is 24.4 Å². The number of amides is 2. The molecule has 1 atom stereocenters. The number of benzene rings is 3. The Labute approximate surface area is 183 Å². The quantitative estimate of drug-likeness (QED) is 0.419. The summed E-state index contributed by atoms with van der Waals surface area (Å²) in [6.45, 7) is 0.434. The number of hydrogen-bond donors (Lipinski definition) is 3. The Balaban J connectivity index is 1.59. The zero-order valence-electron chi connectivity index (χ0n) is 16.8. The van der Waals surface area contributed by atoms with Crippen LogP contribution in [0.25, 0.3) is 21.7 Å². The standard InChI is InChI=1S/C24H20ClN3O3/c1-26-23(30)13-6-7-18-14(8-13)9-19(27-18)24(31)28-12-15(11-25)22-17-5-3-2-4-16(17)21(29)10-20(22)28/h2-10,15,27,29H,11-12H2,1H3,(H,26,30)/t15-/m1/s1. The summed E-state index contributed by atoms with van der Waals surface area (Å²) in [7, 11) is 1.58. The lowest BCUT2D eigenvalue weighted by Gasteiger charge is -2.17. The number of aromatic amines is 1. The van der Waals surface area contributed by atoms with Gasteiger partial charge >= 0.3 is 0 Å². The van der Waals surface area contributed by atoms with Crippen molar-refractivity contribution >= 4 is 50.8 Å². The van der Waals surface area contributed by atoms with E-state index in [0.717, 1.165) is 27.2 Å². The van der Waals surface area contributed by atoms with Gasteiger partial charge in [-0.15, -0.1) is 11.6 Å². The summed E-state index contributed by atoms with van der Waals surface area (Å²) in [4.78, 5) is 30.2. The van der Waals surface area contributed by atoms with Crippen LogP contribution in [0.2, 0.25) is 0 Å². The van der Waals surface area contributed by atoms with Crippen LogP contribution in [0.15, 0.2) is 54.6 Å². The SMILES string of the molecule is CNC(=O)c1ccc2[nH]c(C(=O)N3C[C@@H](CCl)c4c3cc(O)c3ccccc43)cc2c1. The third-order valence-electron chi connectivity index (χ3n) is 5.92. The van der Waals surface area contributed by atoms with E-state index in [-0.39, 0.29) is 23.5 Å². The minimum Gasteiger partial charge on any atom is -0.507 e. The number of carbonyl (C=O) groups excluding carboxylic acids is 2. The van der Waals surface area contributed by atoms with E-state index < -0.39 is 0 Å². The predicted molar refractivity (Wildman–Crippen MR) is 122 cm³/mol. The van der Waals surface area contributed by atoms with Crippen LogP contribution in [0.5, 0.6) is 5.75 Å². The zero-order valence-corrected chi connectivity index (χ0v) is 17.5. The van der Waals surface area contributed by atoms with Gasteiger partial charge in [0.25, 0.3) is 11.8 Å². The van der Waals surface area contributed by atoms with Gasteiger partial charge in [-0.2, -0.15) is 0 Å². The Kier molecular flexibility index (Phi) is 4.59. The number of rotatable bonds is 3. The van der Waals surface area contributed by atoms with Crippen molar-refractivity contribution in [2.24, 2.45) is 0 Å². The molecule has 6 nitrogen and oxygen atoms in total. The van der Waals surface area contributed by atoms with Crippen molar-refractivity contribution in [1.82, 2.24) is 10.3 Å². The molecule has 3 N–H and O–H groups in total. The molecular formula is C24H20ClN3O3. The van der Waals surface area contributed by atoms with Crippen LogP contribution in [0.3, 0.4) is 0 Å². The number of fused-ring (bicyclic) bond motifs is 4. The van der Waals surface area contributed by atoms with E-state index in [4.69, 9.17) is 11.6 Å². The molecule has 2 amide bonds. The summed E-state index contributed by atoms with van der Waals surface area (Å²) >= 11 is 6.27. The minimum absolute atomic E-state index is 0.0321. The maximum atomic E-state index is 13.5. The van der Waals surface area contributed by atoms with Gasteiger partial charge in [-0.1, -0.05) is 24.3 Å². The molecule has 0 saturated carbocycles. The largest absolute Gasteiger partial charge is 0.507 e. The van der Waals surface area contributed by atoms with Gasteiger partial charge in [0.15, 0.2) is 0 Å². The molecule has 0 fully saturated rings. The fraction of sp³-hybridized carbons (Fsp3) is 0.167. The fourth-order valence-corrected chi connectivity index (χ4v) is 4.68. The summed E-state index contributed by atoms with van der Waals surface area (Å²) in [5.41, 5.74) is 3.37. The third-order valence-corrected chi connectivity index (χ3v) is 6.29. The number of nitrogens with one attached hydrogen (secondary N) is 2. The molecule has 3 aromatic carbocycles.